The lowest BCUT2D eigenvalue weighted by atomic mass is 10.2. The third kappa shape index (κ3) is 3.34. The first kappa shape index (κ1) is 15.5. The molecule has 0 bridgehead atoms. The van der Waals surface area contributed by atoms with Crippen LogP contribution in [0.2, 0.25) is 4.34 Å². The van der Waals surface area contributed by atoms with Crippen molar-refractivity contribution in [3.8, 4) is 10.6 Å². The maximum absolute atomic E-state index is 12.3. The first-order valence-electron chi connectivity index (χ1n) is 7.40. The number of thiophene rings is 1. The van der Waals surface area contributed by atoms with Crippen LogP contribution >= 0.6 is 22.9 Å². The Balaban J connectivity index is 1.73. The van der Waals surface area contributed by atoms with E-state index in [4.69, 9.17) is 16.3 Å². The predicted octanol–water partition coefficient (Wildman–Crippen LogP) is 3.19. The van der Waals surface area contributed by atoms with E-state index in [0.717, 1.165) is 34.4 Å². The van der Waals surface area contributed by atoms with Gasteiger partial charge < -0.3 is 10.1 Å². The normalized spacial score (nSPS) is 17.8. The summed E-state index contributed by atoms with van der Waals surface area (Å²) in [6, 6.07) is 5.62. The minimum Gasteiger partial charge on any atom is -0.376 e. The number of rotatable bonds is 5. The van der Waals surface area contributed by atoms with Gasteiger partial charge in [-0.15, -0.1) is 11.3 Å². The van der Waals surface area contributed by atoms with Crippen molar-refractivity contribution in [2.75, 3.05) is 13.2 Å². The second kappa shape index (κ2) is 6.81. The van der Waals surface area contributed by atoms with E-state index in [0.29, 0.717) is 18.8 Å². The highest BCUT2D eigenvalue weighted by Gasteiger charge is 2.19. The number of hydrogen-bond donors (Lipinski definition) is 1. The van der Waals surface area contributed by atoms with Crippen LogP contribution in [-0.2, 0) is 11.3 Å². The second-order valence-electron chi connectivity index (χ2n) is 5.18. The first-order chi connectivity index (χ1) is 10.7. The van der Waals surface area contributed by atoms with Gasteiger partial charge in [-0.2, -0.15) is 5.10 Å². The molecule has 1 N–H and O–H groups in total. The third-order valence-corrected chi connectivity index (χ3v) is 4.91. The molecule has 1 amide bonds. The minimum absolute atomic E-state index is 0.132. The molecule has 1 aliphatic heterocycles. The van der Waals surface area contributed by atoms with Crippen LogP contribution in [0.1, 0.15) is 30.3 Å². The van der Waals surface area contributed by atoms with E-state index in [9.17, 15) is 4.79 Å². The number of nitrogens with zero attached hydrogens (tertiary/aromatic N) is 2. The number of amides is 1. The summed E-state index contributed by atoms with van der Waals surface area (Å²) in [6.45, 7) is 4.02. The number of carbonyl (C=O) groups excluding carboxylic acids is 1. The quantitative estimate of drug-likeness (QED) is 0.910. The lowest BCUT2D eigenvalue weighted by Crippen LogP contribution is -2.32. The number of halogens is 1. The molecule has 0 unspecified atom stereocenters. The average Bonchev–Trinajstić information content (AvgIpc) is 3.24. The van der Waals surface area contributed by atoms with Gasteiger partial charge in [0.15, 0.2) is 5.69 Å². The van der Waals surface area contributed by atoms with Crippen LogP contribution in [0.25, 0.3) is 10.6 Å². The lowest BCUT2D eigenvalue weighted by molar-refractivity contribution is 0.0853. The maximum atomic E-state index is 12.3. The molecule has 1 aliphatic rings. The molecule has 0 spiro atoms. The zero-order valence-electron chi connectivity index (χ0n) is 12.3. The number of aryl methyl sites for hydroxylation is 1. The fourth-order valence-electron chi connectivity index (χ4n) is 2.52. The van der Waals surface area contributed by atoms with Crippen LogP contribution < -0.4 is 5.32 Å². The van der Waals surface area contributed by atoms with E-state index in [1.165, 1.54) is 11.3 Å². The molecular formula is C15H18ClN3O2S. The average molecular weight is 340 g/mol. The predicted molar refractivity (Wildman–Crippen MR) is 87.5 cm³/mol. The number of carbonyl (C=O) groups is 1. The van der Waals surface area contributed by atoms with Crippen LogP contribution in [0.4, 0.5) is 0 Å². The largest absolute Gasteiger partial charge is 0.376 e. The fraction of sp³-hybridized carbons (Fsp3) is 0.467. The van der Waals surface area contributed by atoms with Crippen molar-refractivity contribution < 1.29 is 9.53 Å². The Morgan fingerprint density at radius 2 is 2.45 bits per heavy atom. The summed E-state index contributed by atoms with van der Waals surface area (Å²) in [5.74, 6) is -0.161. The highest BCUT2D eigenvalue weighted by molar-refractivity contribution is 7.19. The molecule has 1 fully saturated rings. The Kier molecular flexibility index (Phi) is 4.81. The molecule has 3 rings (SSSR count). The summed E-state index contributed by atoms with van der Waals surface area (Å²) in [5.41, 5.74) is 1.35. The van der Waals surface area contributed by atoms with Gasteiger partial charge in [0.25, 0.3) is 5.91 Å². The maximum Gasteiger partial charge on any atom is 0.271 e. The molecule has 0 radical (unpaired) electrons. The molecule has 7 heteroatoms. The third-order valence-electron chi connectivity index (χ3n) is 3.65. The highest BCUT2D eigenvalue weighted by atomic mass is 35.5. The topological polar surface area (TPSA) is 56.2 Å². The van der Waals surface area contributed by atoms with E-state index in [2.05, 4.69) is 10.4 Å². The molecule has 0 saturated carbocycles. The molecule has 0 aromatic carbocycles. The van der Waals surface area contributed by atoms with Crippen molar-refractivity contribution in [3.63, 3.8) is 0 Å². The van der Waals surface area contributed by atoms with E-state index in [-0.39, 0.29) is 12.0 Å². The Morgan fingerprint density at radius 3 is 3.09 bits per heavy atom. The van der Waals surface area contributed by atoms with Gasteiger partial charge in [0.05, 0.1) is 21.0 Å². The van der Waals surface area contributed by atoms with Gasteiger partial charge in [-0.3, -0.25) is 9.48 Å². The van der Waals surface area contributed by atoms with Gasteiger partial charge in [-0.25, -0.2) is 0 Å². The summed E-state index contributed by atoms with van der Waals surface area (Å²) >= 11 is 7.48. The second-order valence-corrected chi connectivity index (χ2v) is 6.89. The van der Waals surface area contributed by atoms with Crippen LogP contribution in [0.5, 0.6) is 0 Å². The van der Waals surface area contributed by atoms with Crippen LogP contribution in [0.15, 0.2) is 18.2 Å². The van der Waals surface area contributed by atoms with E-state index in [1.54, 1.807) is 0 Å². The molecule has 2 aromatic heterocycles. The smallest absolute Gasteiger partial charge is 0.271 e. The van der Waals surface area contributed by atoms with Crippen molar-refractivity contribution in [2.45, 2.75) is 32.4 Å². The van der Waals surface area contributed by atoms with Crippen LogP contribution in [0.3, 0.4) is 0 Å². The molecule has 22 heavy (non-hydrogen) atoms. The highest BCUT2D eigenvalue weighted by Crippen LogP contribution is 2.31. The van der Waals surface area contributed by atoms with Gasteiger partial charge in [0, 0.05) is 19.7 Å². The van der Waals surface area contributed by atoms with Crippen molar-refractivity contribution in [2.24, 2.45) is 0 Å². The number of aromatic nitrogens is 2. The zero-order valence-corrected chi connectivity index (χ0v) is 13.9. The van der Waals surface area contributed by atoms with E-state index in [1.807, 2.05) is 29.8 Å². The number of ether oxygens (including phenoxy) is 1. The Bertz CT molecular complexity index is 662. The standard InChI is InChI=1S/C15H18ClN3O2S/c1-2-19-12(13-5-6-14(16)22-13)8-11(18-19)15(20)17-9-10-4-3-7-21-10/h5-6,8,10H,2-4,7,9H2,1H3,(H,17,20)/t10-/m0/s1. The SMILES string of the molecule is CCn1nc(C(=O)NC[C@@H]2CCCO2)cc1-c1ccc(Cl)s1. The van der Waals surface area contributed by atoms with Crippen LogP contribution in [0, 0.1) is 0 Å². The molecular weight excluding hydrogens is 322 g/mol. The Labute approximate surface area is 138 Å². The molecule has 2 aromatic rings. The summed E-state index contributed by atoms with van der Waals surface area (Å²) < 4.78 is 8.06. The molecule has 118 valence electrons. The van der Waals surface area contributed by atoms with Crippen molar-refractivity contribution >= 4 is 28.8 Å². The molecule has 1 saturated heterocycles. The molecule has 5 nitrogen and oxygen atoms in total. The van der Waals surface area contributed by atoms with Gasteiger partial charge in [-0.05, 0) is 38.0 Å². The summed E-state index contributed by atoms with van der Waals surface area (Å²) in [5, 5.41) is 7.29. The number of hydrogen-bond acceptors (Lipinski definition) is 4. The number of nitrogens with one attached hydrogen (secondary N) is 1. The Hall–Kier alpha value is -1.37. The summed E-state index contributed by atoms with van der Waals surface area (Å²) in [4.78, 5) is 13.3. The monoisotopic (exact) mass is 339 g/mol. The van der Waals surface area contributed by atoms with Crippen molar-refractivity contribution in [1.82, 2.24) is 15.1 Å². The fourth-order valence-corrected chi connectivity index (χ4v) is 3.58. The molecule has 1 atom stereocenters. The summed E-state index contributed by atoms with van der Waals surface area (Å²) in [7, 11) is 0. The van der Waals surface area contributed by atoms with Crippen molar-refractivity contribution in [1.29, 1.82) is 0 Å². The van der Waals surface area contributed by atoms with E-state index < -0.39 is 0 Å². The zero-order chi connectivity index (χ0) is 15.5. The lowest BCUT2D eigenvalue weighted by Gasteiger charge is -2.09. The molecule has 3 heterocycles. The van der Waals surface area contributed by atoms with Gasteiger partial charge in [0.2, 0.25) is 0 Å². The van der Waals surface area contributed by atoms with Gasteiger partial charge >= 0.3 is 0 Å². The van der Waals surface area contributed by atoms with Gasteiger partial charge in [0.1, 0.15) is 0 Å². The molecule has 0 aliphatic carbocycles. The van der Waals surface area contributed by atoms with E-state index >= 15 is 0 Å². The minimum atomic E-state index is -0.161. The Morgan fingerprint density at radius 1 is 1.59 bits per heavy atom. The van der Waals surface area contributed by atoms with Gasteiger partial charge in [-0.1, -0.05) is 11.6 Å². The van der Waals surface area contributed by atoms with Crippen molar-refractivity contribution in [3.05, 3.63) is 28.2 Å². The van der Waals surface area contributed by atoms with Crippen LogP contribution in [-0.4, -0.2) is 34.9 Å². The summed E-state index contributed by atoms with van der Waals surface area (Å²) in [6.07, 6.45) is 2.20. The first-order valence-corrected chi connectivity index (χ1v) is 8.60.